The Hall–Kier alpha value is -0.820. The lowest BCUT2D eigenvalue weighted by molar-refractivity contribution is 0.112. The van der Waals surface area contributed by atoms with Gasteiger partial charge in [-0.05, 0) is 48.9 Å². The summed E-state index contributed by atoms with van der Waals surface area (Å²) in [6.45, 7) is 1.98. The van der Waals surface area contributed by atoms with Crippen LogP contribution >= 0.6 is 11.6 Å². The van der Waals surface area contributed by atoms with Gasteiger partial charge in [0.2, 0.25) is 0 Å². The minimum atomic E-state index is 0.604. The van der Waals surface area contributed by atoms with Crippen LogP contribution in [0.25, 0.3) is 0 Å². The molecule has 0 aromatic heterocycles. The molecule has 0 unspecified atom stereocenters. The molecule has 2 heteroatoms. The summed E-state index contributed by atoms with van der Waals surface area (Å²) in [4.78, 5) is 10.7. The number of hydrogen-bond donors (Lipinski definition) is 0. The first-order chi connectivity index (χ1) is 6.24. The fourth-order valence-corrected chi connectivity index (χ4v) is 2.07. The lowest BCUT2D eigenvalue weighted by Crippen LogP contribution is -1.93. The van der Waals surface area contributed by atoms with Crippen LogP contribution in [-0.2, 0) is 0 Å². The van der Waals surface area contributed by atoms with Gasteiger partial charge in [-0.2, -0.15) is 0 Å². The Labute approximate surface area is 82.7 Å². The van der Waals surface area contributed by atoms with Crippen LogP contribution in [0.1, 0.15) is 40.2 Å². The van der Waals surface area contributed by atoms with E-state index in [1.807, 2.05) is 13.0 Å². The van der Waals surface area contributed by atoms with Gasteiger partial charge in [0.05, 0.1) is 0 Å². The lowest BCUT2D eigenvalue weighted by atomic mass is 10.00. The maximum absolute atomic E-state index is 10.7. The van der Waals surface area contributed by atoms with Crippen molar-refractivity contribution >= 4 is 17.9 Å². The number of hydrogen-bond acceptors (Lipinski definition) is 1. The molecule has 0 amide bonds. The number of aldehydes is 1. The smallest absolute Gasteiger partial charge is 0.150 e. The molecule has 1 aliphatic rings. The van der Waals surface area contributed by atoms with E-state index in [9.17, 15) is 4.79 Å². The Kier molecular flexibility index (Phi) is 2.12. The molecule has 1 fully saturated rings. The molecule has 0 radical (unpaired) electrons. The van der Waals surface area contributed by atoms with Crippen molar-refractivity contribution in [2.45, 2.75) is 25.7 Å². The van der Waals surface area contributed by atoms with Crippen LogP contribution in [0.15, 0.2) is 12.1 Å². The van der Waals surface area contributed by atoms with Gasteiger partial charge >= 0.3 is 0 Å². The third kappa shape index (κ3) is 1.49. The molecule has 13 heavy (non-hydrogen) atoms. The van der Waals surface area contributed by atoms with Crippen LogP contribution < -0.4 is 0 Å². The van der Waals surface area contributed by atoms with E-state index in [1.165, 1.54) is 18.4 Å². The summed E-state index contributed by atoms with van der Waals surface area (Å²) in [5, 5.41) is 0.811. The first-order valence-electron chi connectivity index (χ1n) is 4.48. The molecular weight excluding hydrogens is 184 g/mol. The zero-order chi connectivity index (χ0) is 9.42. The fourth-order valence-electron chi connectivity index (χ4n) is 1.71. The Bertz CT molecular complexity index is 353. The van der Waals surface area contributed by atoms with Crippen LogP contribution in [0, 0.1) is 6.92 Å². The van der Waals surface area contributed by atoms with Gasteiger partial charge in [-0.3, -0.25) is 4.79 Å². The highest BCUT2D eigenvalue weighted by atomic mass is 35.5. The van der Waals surface area contributed by atoms with E-state index in [0.29, 0.717) is 5.92 Å². The minimum Gasteiger partial charge on any atom is -0.298 e. The molecule has 0 saturated heterocycles. The zero-order valence-corrected chi connectivity index (χ0v) is 8.27. The average molecular weight is 195 g/mol. The largest absolute Gasteiger partial charge is 0.298 e. The Balaban J connectivity index is 2.56. The predicted octanol–water partition coefficient (Wildman–Crippen LogP) is 3.34. The predicted molar refractivity (Wildman–Crippen MR) is 53.6 cm³/mol. The van der Waals surface area contributed by atoms with Gasteiger partial charge in [0.15, 0.2) is 0 Å². The van der Waals surface area contributed by atoms with Crippen LogP contribution in [0.5, 0.6) is 0 Å². The van der Waals surface area contributed by atoms with Crippen molar-refractivity contribution in [3.8, 4) is 0 Å². The van der Waals surface area contributed by atoms with Crippen LogP contribution in [0.4, 0.5) is 0 Å². The monoisotopic (exact) mass is 194 g/mol. The lowest BCUT2D eigenvalue weighted by Gasteiger charge is -2.08. The van der Waals surface area contributed by atoms with E-state index in [4.69, 9.17) is 11.6 Å². The number of rotatable bonds is 2. The number of carbonyl (C=O) groups is 1. The summed E-state index contributed by atoms with van der Waals surface area (Å²) < 4.78 is 0. The van der Waals surface area contributed by atoms with E-state index in [0.717, 1.165) is 22.4 Å². The van der Waals surface area contributed by atoms with E-state index in [2.05, 4.69) is 0 Å². The van der Waals surface area contributed by atoms with E-state index < -0.39 is 0 Å². The first-order valence-corrected chi connectivity index (χ1v) is 4.86. The van der Waals surface area contributed by atoms with Crippen molar-refractivity contribution in [2.24, 2.45) is 0 Å². The van der Waals surface area contributed by atoms with Crippen LogP contribution in [-0.4, -0.2) is 6.29 Å². The Morgan fingerprint density at radius 2 is 2.15 bits per heavy atom. The zero-order valence-electron chi connectivity index (χ0n) is 7.51. The van der Waals surface area contributed by atoms with Crippen molar-refractivity contribution in [1.29, 1.82) is 0 Å². The fraction of sp³-hybridized carbons (Fsp3) is 0.364. The van der Waals surface area contributed by atoms with E-state index in [-0.39, 0.29) is 0 Å². The topological polar surface area (TPSA) is 17.1 Å². The summed E-state index contributed by atoms with van der Waals surface area (Å²) in [6, 6.07) is 3.61. The second-order valence-electron chi connectivity index (χ2n) is 3.57. The normalized spacial score (nSPS) is 15.8. The maximum Gasteiger partial charge on any atom is 0.150 e. The van der Waals surface area contributed by atoms with Gasteiger partial charge in [-0.25, -0.2) is 0 Å². The molecular formula is C11H11ClO. The SMILES string of the molecule is Cc1c(C=O)ccc(Cl)c1C1CC1. The molecule has 1 aromatic rings. The standard InChI is InChI=1S/C11H11ClO/c1-7-9(6-13)4-5-10(12)11(7)8-2-3-8/h4-6,8H,2-3H2,1H3. The number of halogens is 1. The van der Waals surface area contributed by atoms with E-state index in [1.54, 1.807) is 6.07 Å². The van der Waals surface area contributed by atoms with Crippen molar-refractivity contribution in [3.63, 3.8) is 0 Å². The molecule has 68 valence electrons. The minimum absolute atomic E-state index is 0.604. The maximum atomic E-state index is 10.7. The van der Waals surface area contributed by atoms with Gasteiger partial charge in [-0.1, -0.05) is 11.6 Å². The summed E-state index contributed by atoms with van der Waals surface area (Å²) in [7, 11) is 0. The highest BCUT2D eigenvalue weighted by Gasteiger charge is 2.27. The van der Waals surface area contributed by atoms with Gasteiger partial charge in [-0.15, -0.1) is 0 Å². The second-order valence-corrected chi connectivity index (χ2v) is 3.97. The summed E-state index contributed by atoms with van der Waals surface area (Å²) in [5.74, 6) is 0.604. The summed E-state index contributed by atoms with van der Waals surface area (Å²) in [6.07, 6.45) is 3.32. The summed E-state index contributed by atoms with van der Waals surface area (Å²) >= 11 is 6.08. The van der Waals surface area contributed by atoms with Crippen molar-refractivity contribution in [1.82, 2.24) is 0 Å². The number of carbonyl (C=O) groups excluding carboxylic acids is 1. The highest BCUT2D eigenvalue weighted by Crippen LogP contribution is 2.45. The highest BCUT2D eigenvalue weighted by molar-refractivity contribution is 6.31. The molecule has 2 rings (SSSR count). The molecule has 0 aliphatic heterocycles. The van der Waals surface area contributed by atoms with Gasteiger partial charge in [0.1, 0.15) is 6.29 Å². The Morgan fingerprint density at radius 3 is 2.69 bits per heavy atom. The third-order valence-electron chi connectivity index (χ3n) is 2.62. The second kappa shape index (κ2) is 3.15. The summed E-state index contributed by atoms with van der Waals surface area (Å²) in [5.41, 5.74) is 3.02. The number of benzene rings is 1. The van der Waals surface area contributed by atoms with Crippen LogP contribution in [0.2, 0.25) is 5.02 Å². The molecule has 0 heterocycles. The first kappa shape index (κ1) is 8.76. The van der Waals surface area contributed by atoms with Crippen LogP contribution in [0.3, 0.4) is 0 Å². The van der Waals surface area contributed by atoms with Crippen molar-refractivity contribution in [3.05, 3.63) is 33.8 Å². The van der Waals surface area contributed by atoms with E-state index >= 15 is 0 Å². The Morgan fingerprint density at radius 1 is 1.46 bits per heavy atom. The molecule has 1 aliphatic carbocycles. The molecule has 0 N–H and O–H groups in total. The molecule has 0 atom stereocenters. The molecule has 0 bridgehead atoms. The quantitative estimate of drug-likeness (QED) is 0.660. The third-order valence-corrected chi connectivity index (χ3v) is 2.95. The molecule has 0 spiro atoms. The molecule has 1 saturated carbocycles. The average Bonchev–Trinajstić information content (AvgIpc) is 2.89. The van der Waals surface area contributed by atoms with Gasteiger partial charge in [0.25, 0.3) is 0 Å². The van der Waals surface area contributed by atoms with Crippen molar-refractivity contribution in [2.75, 3.05) is 0 Å². The molecule has 1 nitrogen and oxygen atoms in total. The van der Waals surface area contributed by atoms with Gasteiger partial charge in [0, 0.05) is 10.6 Å². The molecule has 1 aromatic carbocycles. The van der Waals surface area contributed by atoms with Gasteiger partial charge < -0.3 is 0 Å². The van der Waals surface area contributed by atoms with Crippen molar-refractivity contribution < 1.29 is 4.79 Å².